The molecule has 1 aromatic carbocycles. The zero-order valence-corrected chi connectivity index (χ0v) is 22.0. The number of ether oxygens (including phenoxy) is 1. The Kier molecular flexibility index (Phi) is 7.43. The molecule has 4 aromatic rings. The van der Waals surface area contributed by atoms with Crippen molar-refractivity contribution in [3.8, 4) is 27.6 Å². The third-order valence-electron chi connectivity index (χ3n) is 6.91. The van der Waals surface area contributed by atoms with Gasteiger partial charge in [-0.15, -0.1) is 0 Å². The molecule has 37 heavy (non-hydrogen) atoms. The molecule has 4 heterocycles. The van der Waals surface area contributed by atoms with E-state index < -0.39 is 17.4 Å². The van der Waals surface area contributed by atoms with Crippen LogP contribution in [0.25, 0.3) is 21.8 Å². The molecule has 1 aliphatic heterocycles. The Morgan fingerprint density at radius 1 is 1.14 bits per heavy atom. The first-order chi connectivity index (χ1) is 17.9. The van der Waals surface area contributed by atoms with Crippen LogP contribution >= 0.6 is 11.5 Å². The lowest BCUT2D eigenvalue weighted by atomic mass is 9.98. The van der Waals surface area contributed by atoms with Gasteiger partial charge in [0.1, 0.15) is 0 Å². The number of hydrogen-bond donors (Lipinski definition) is 0. The molecule has 3 aromatic heterocycles. The summed E-state index contributed by atoms with van der Waals surface area (Å²) in [5.41, 5.74) is 2.49. The van der Waals surface area contributed by atoms with Gasteiger partial charge in [-0.05, 0) is 88.0 Å². The molecule has 1 saturated heterocycles. The lowest BCUT2D eigenvalue weighted by molar-refractivity contribution is 0.159. The van der Waals surface area contributed by atoms with Crippen molar-refractivity contribution in [2.45, 2.75) is 32.7 Å². The average Bonchev–Trinajstić information content (AvgIpc) is 3.36. The fourth-order valence-corrected chi connectivity index (χ4v) is 5.31. The van der Waals surface area contributed by atoms with Crippen LogP contribution in [0.2, 0.25) is 0 Å². The molecule has 0 N–H and O–H groups in total. The molecule has 0 spiro atoms. The van der Waals surface area contributed by atoms with Crippen LogP contribution < -0.4 is 10.3 Å². The van der Waals surface area contributed by atoms with E-state index in [-0.39, 0.29) is 0 Å². The van der Waals surface area contributed by atoms with Gasteiger partial charge in [0, 0.05) is 17.3 Å². The van der Waals surface area contributed by atoms with Crippen molar-refractivity contribution in [2.75, 3.05) is 26.7 Å². The van der Waals surface area contributed by atoms with Gasteiger partial charge in [0.2, 0.25) is 0 Å². The Labute approximate surface area is 219 Å². The predicted molar refractivity (Wildman–Crippen MR) is 144 cm³/mol. The minimum atomic E-state index is -0.786. The number of rotatable bonds is 7. The number of nitrogens with zero attached hydrogens (tertiary/aromatic N) is 5. The summed E-state index contributed by atoms with van der Waals surface area (Å²) in [6, 6.07) is 10.4. The zero-order chi connectivity index (χ0) is 25.9. The van der Waals surface area contributed by atoms with Crippen molar-refractivity contribution >= 4 is 11.5 Å². The van der Waals surface area contributed by atoms with E-state index in [1.54, 1.807) is 18.6 Å². The minimum absolute atomic E-state index is 0.395. The fourth-order valence-electron chi connectivity index (χ4n) is 4.57. The van der Waals surface area contributed by atoms with Gasteiger partial charge in [-0.3, -0.25) is 4.79 Å². The summed E-state index contributed by atoms with van der Waals surface area (Å²) >= 11 is 1.28. The zero-order valence-electron chi connectivity index (χ0n) is 21.2. The Morgan fingerprint density at radius 2 is 1.89 bits per heavy atom. The molecule has 0 unspecified atom stereocenters. The molecule has 0 amide bonds. The number of piperidine rings is 1. The third kappa shape index (κ3) is 5.78. The average molecular weight is 520 g/mol. The molecule has 0 bridgehead atoms. The van der Waals surface area contributed by atoms with Crippen LogP contribution in [0.15, 0.2) is 59.8 Å². The largest absolute Gasteiger partial charge is 0.490 e. The summed E-state index contributed by atoms with van der Waals surface area (Å²) in [4.78, 5) is 24.9. The summed E-state index contributed by atoms with van der Waals surface area (Å²) in [6.07, 6.45) is 7.38. The van der Waals surface area contributed by atoms with Gasteiger partial charge in [-0.25, -0.2) is 14.4 Å². The lowest BCUT2D eigenvalue weighted by Crippen LogP contribution is -2.32. The number of hydrogen-bond acceptors (Lipinski definition) is 7. The van der Waals surface area contributed by atoms with Gasteiger partial charge in [0.15, 0.2) is 17.4 Å². The Hall–Kier alpha value is -3.43. The number of pyridine rings is 1. The van der Waals surface area contributed by atoms with Crippen LogP contribution in [0.5, 0.6) is 5.75 Å². The molecule has 192 valence electrons. The quantitative estimate of drug-likeness (QED) is 0.334. The number of halogens is 1. The molecule has 0 radical (unpaired) electrons. The minimum Gasteiger partial charge on any atom is -0.490 e. The topological polar surface area (TPSA) is 73.1 Å². The molecule has 1 aliphatic rings. The van der Waals surface area contributed by atoms with E-state index in [4.69, 9.17) is 4.74 Å². The van der Waals surface area contributed by atoms with Gasteiger partial charge < -0.3 is 14.2 Å². The van der Waals surface area contributed by atoms with Gasteiger partial charge in [0.25, 0.3) is 5.56 Å². The van der Waals surface area contributed by atoms with Crippen molar-refractivity contribution in [1.82, 2.24) is 23.8 Å². The summed E-state index contributed by atoms with van der Waals surface area (Å²) in [5, 5.41) is 0. The summed E-state index contributed by atoms with van der Waals surface area (Å²) in [7, 11) is 2.15. The molecule has 7 nitrogen and oxygen atoms in total. The van der Waals surface area contributed by atoms with E-state index in [1.165, 1.54) is 22.2 Å². The van der Waals surface area contributed by atoms with Crippen LogP contribution in [0.1, 0.15) is 37.1 Å². The van der Waals surface area contributed by atoms with Crippen LogP contribution in [-0.4, -0.2) is 50.6 Å². The highest BCUT2D eigenvalue weighted by Crippen LogP contribution is 2.28. The maximum Gasteiger partial charge on any atom is 0.287 e. The molecule has 1 atom stereocenters. The van der Waals surface area contributed by atoms with Crippen molar-refractivity contribution in [3.05, 3.63) is 82.4 Å². The number of aromatic nitrogens is 4. The highest BCUT2D eigenvalue weighted by atomic mass is 32.1. The van der Waals surface area contributed by atoms with Crippen LogP contribution in [0, 0.1) is 18.7 Å². The highest BCUT2D eigenvalue weighted by molar-refractivity contribution is 7.09. The van der Waals surface area contributed by atoms with E-state index in [1.807, 2.05) is 44.2 Å². The van der Waals surface area contributed by atoms with E-state index in [9.17, 15) is 9.18 Å². The first-order valence-corrected chi connectivity index (χ1v) is 13.2. The van der Waals surface area contributed by atoms with Gasteiger partial charge in [0.05, 0.1) is 35.6 Å². The van der Waals surface area contributed by atoms with E-state index in [0.29, 0.717) is 29.7 Å². The second-order valence-corrected chi connectivity index (χ2v) is 10.5. The number of aryl methyl sites for hydroxylation is 1. The molecule has 0 aliphatic carbocycles. The molecule has 9 heteroatoms. The van der Waals surface area contributed by atoms with Crippen molar-refractivity contribution in [1.29, 1.82) is 0 Å². The predicted octanol–water partition coefficient (Wildman–Crippen LogP) is 5.21. The van der Waals surface area contributed by atoms with Crippen LogP contribution in [0.4, 0.5) is 4.39 Å². The Balaban J connectivity index is 1.33. The normalized spacial score (nSPS) is 15.6. The molecular weight excluding hydrogens is 489 g/mol. The van der Waals surface area contributed by atoms with Crippen LogP contribution in [0.3, 0.4) is 0 Å². The van der Waals surface area contributed by atoms with E-state index in [0.717, 1.165) is 47.6 Å². The molecule has 1 fully saturated rings. The SMILES string of the molecule is Cc1cc(-c2cc(F)c(=O)n([C@H](C)c3cccc(-c4ncc(OCC5CCN(C)CC5)cn4)c3)c2)sn1. The summed E-state index contributed by atoms with van der Waals surface area (Å²) in [6.45, 7) is 6.65. The third-order valence-corrected chi connectivity index (χ3v) is 7.84. The fraction of sp³-hybridized carbons (Fsp3) is 0.357. The first kappa shape index (κ1) is 25.2. The number of benzene rings is 1. The Bertz CT molecular complexity index is 1430. The highest BCUT2D eigenvalue weighted by Gasteiger charge is 2.18. The molecular formula is C28H30FN5O2S. The first-order valence-electron chi connectivity index (χ1n) is 12.5. The lowest BCUT2D eigenvalue weighted by Gasteiger charge is -2.28. The summed E-state index contributed by atoms with van der Waals surface area (Å²) in [5.74, 6) is 0.990. The second kappa shape index (κ2) is 10.9. The van der Waals surface area contributed by atoms with Gasteiger partial charge in [-0.1, -0.05) is 18.2 Å². The maximum absolute atomic E-state index is 14.6. The maximum atomic E-state index is 14.6. The smallest absolute Gasteiger partial charge is 0.287 e. The Morgan fingerprint density at radius 3 is 2.59 bits per heavy atom. The second-order valence-electron chi connectivity index (χ2n) is 9.72. The monoisotopic (exact) mass is 519 g/mol. The molecule has 5 rings (SSSR count). The van der Waals surface area contributed by atoms with Crippen molar-refractivity contribution in [2.24, 2.45) is 5.92 Å². The van der Waals surface area contributed by atoms with Gasteiger partial charge in [-0.2, -0.15) is 4.37 Å². The van der Waals surface area contributed by atoms with Crippen molar-refractivity contribution < 1.29 is 9.13 Å². The van der Waals surface area contributed by atoms with Crippen LogP contribution in [-0.2, 0) is 0 Å². The standard InChI is InChI=1S/C28H30FN5O2S/c1-18-11-26(37-32-18)23-13-25(29)28(35)34(16-23)19(2)21-5-4-6-22(12-21)27-30-14-24(15-31-27)36-17-20-7-9-33(3)10-8-20/h4-6,11-16,19-20H,7-10,17H2,1-3H3/t19-/m1/s1. The number of likely N-dealkylation sites (tertiary alicyclic amines) is 1. The van der Waals surface area contributed by atoms with Crippen molar-refractivity contribution in [3.63, 3.8) is 0 Å². The van der Waals surface area contributed by atoms with E-state index >= 15 is 0 Å². The van der Waals surface area contributed by atoms with E-state index in [2.05, 4.69) is 26.3 Å². The molecule has 0 saturated carbocycles. The summed E-state index contributed by atoms with van der Waals surface area (Å²) < 4.78 is 26.3. The van der Waals surface area contributed by atoms with Gasteiger partial charge >= 0.3 is 0 Å².